The van der Waals surface area contributed by atoms with Crippen LogP contribution < -0.4 is 4.74 Å². The minimum Gasteiger partial charge on any atom is -0.497 e. The Morgan fingerprint density at radius 1 is 1.09 bits per heavy atom. The molecule has 1 saturated heterocycles. The first kappa shape index (κ1) is 15.6. The highest BCUT2D eigenvalue weighted by atomic mass is 16.5. The Bertz CT molecular complexity index is 670. The zero-order chi connectivity index (χ0) is 16.1. The Labute approximate surface area is 138 Å². The second-order valence-corrected chi connectivity index (χ2v) is 6.25. The van der Waals surface area contributed by atoms with Gasteiger partial charge in [0.25, 0.3) is 0 Å². The lowest BCUT2D eigenvalue weighted by Crippen LogP contribution is -2.20. The van der Waals surface area contributed by atoms with Crippen molar-refractivity contribution in [2.75, 3.05) is 20.2 Å². The summed E-state index contributed by atoms with van der Waals surface area (Å²) < 4.78 is 5.21. The summed E-state index contributed by atoms with van der Waals surface area (Å²) >= 11 is 0. The van der Waals surface area contributed by atoms with E-state index >= 15 is 0 Å². The average Bonchev–Trinajstić information content (AvgIpc) is 3.03. The quantitative estimate of drug-likeness (QED) is 0.846. The molecule has 0 saturated carbocycles. The Morgan fingerprint density at radius 3 is 2.43 bits per heavy atom. The maximum atomic E-state index is 8.85. The van der Waals surface area contributed by atoms with Crippen molar-refractivity contribution in [2.24, 2.45) is 5.92 Å². The van der Waals surface area contributed by atoms with E-state index in [0.717, 1.165) is 43.3 Å². The molecule has 1 heterocycles. The highest BCUT2D eigenvalue weighted by molar-refractivity contribution is 5.31. The predicted octanol–water partition coefficient (Wildman–Crippen LogP) is 3.63. The van der Waals surface area contributed by atoms with Gasteiger partial charge >= 0.3 is 0 Å². The van der Waals surface area contributed by atoms with Crippen LogP contribution in [0.4, 0.5) is 0 Å². The van der Waals surface area contributed by atoms with Crippen LogP contribution in [0.25, 0.3) is 0 Å². The van der Waals surface area contributed by atoms with E-state index in [4.69, 9.17) is 10.00 Å². The fourth-order valence-electron chi connectivity index (χ4n) is 3.26. The van der Waals surface area contributed by atoms with E-state index in [1.54, 1.807) is 7.11 Å². The number of nitriles is 1. The number of nitrogens with zero attached hydrogens (tertiary/aromatic N) is 2. The van der Waals surface area contributed by atoms with E-state index in [2.05, 4.69) is 35.2 Å². The smallest absolute Gasteiger partial charge is 0.118 e. The van der Waals surface area contributed by atoms with Crippen molar-refractivity contribution in [1.82, 2.24) is 4.90 Å². The van der Waals surface area contributed by atoms with Crippen molar-refractivity contribution in [2.45, 2.75) is 19.4 Å². The average molecular weight is 306 g/mol. The molecule has 0 amide bonds. The number of methoxy groups -OCH3 is 1. The number of hydrogen-bond acceptors (Lipinski definition) is 3. The summed E-state index contributed by atoms with van der Waals surface area (Å²) in [5.41, 5.74) is 3.40. The molecule has 0 spiro atoms. The zero-order valence-corrected chi connectivity index (χ0v) is 13.5. The molecule has 0 aliphatic carbocycles. The first-order valence-electron chi connectivity index (χ1n) is 8.11. The van der Waals surface area contributed by atoms with Gasteiger partial charge in [0.15, 0.2) is 0 Å². The molecular weight excluding hydrogens is 284 g/mol. The maximum absolute atomic E-state index is 8.85. The topological polar surface area (TPSA) is 36.3 Å². The molecule has 1 atom stereocenters. The first-order chi connectivity index (χ1) is 11.3. The van der Waals surface area contributed by atoms with Crippen molar-refractivity contribution in [3.63, 3.8) is 0 Å². The van der Waals surface area contributed by atoms with Crippen LogP contribution in [0.3, 0.4) is 0 Å². The van der Waals surface area contributed by atoms with Gasteiger partial charge in [-0.1, -0.05) is 24.3 Å². The fourth-order valence-corrected chi connectivity index (χ4v) is 3.26. The van der Waals surface area contributed by atoms with Crippen LogP contribution in [-0.2, 0) is 13.0 Å². The van der Waals surface area contributed by atoms with E-state index in [0.29, 0.717) is 0 Å². The molecule has 1 unspecified atom stereocenters. The summed E-state index contributed by atoms with van der Waals surface area (Å²) in [4.78, 5) is 2.51. The number of rotatable bonds is 5. The number of benzene rings is 2. The fraction of sp³-hybridized carbons (Fsp3) is 0.350. The van der Waals surface area contributed by atoms with Gasteiger partial charge in [-0.3, -0.25) is 4.90 Å². The maximum Gasteiger partial charge on any atom is 0.118 e. The molecule has 23 heavy (non-hydrogen) atoms. The molecule has 0 radical (unpaired) electrons. The lowest BCUT2D eigenvalue weighted by molar-refractivity contribution is 0.316. The monoisotopic (exact) mass is 306 g/mol. The molecule has 0 bridgehead atoms. The van der Waals surface area contributed by atoms with Crippen LogP contribution in [-0.4, -0.2) is 25.1 Å². The van der Waals surface area contributed by atoms with Crippen LogP contribution >= 0.6 is 0 Å². The van der Waals surface area contributed by atoms with E-state index in [1.807, 2.05) is 24.3 Å². The van der Waals surface area contributed by atoms with E-state index in [-0.39, 0.29) is 0 Å². The molecule has 0 N–H and O–H groups in total. The van der Waals surface area contributed by atoms with Gasteiger partial charge in [0.2, 0.25) is 0 Å². The normalized spacial score (nSPS) is 17.8. The molecule has 3 nitrogen and oxygen atoms in total. The minimum atomic E-state index is 0.724. The minimum absolute atomic E-state index is 0.724. The van der Waals surface area contributed by atoms with Crippen LogP contribution in [0.5, 0.6) is 5.75 Å². The largest absolute Gasteiger partial charge is 0.497 e. The third kappa shape index (κ3) is 4.12. The van der Waals surface area contributed by atoms with E-state index in [9.17, 15) is 0 Å². The van der Waals surface area contributed by atoms with Crippen molar-refractivity contribution < 1.29 is 4.74 Å². The van der Waals surface area contributed by atoms with Crippen LogP contribution in [0.1, 0.15) is 23.1 Å². The zero-order valence-electron chi connectivity index (χ0n) is 13.5. The summed E-state index contributed by atoms with van der Waals surface area (Å²) in [6, 6.07) is 18.5. The predicted molar refractivity (Wildman–Crippen MR) is 91.2 cm³/mol. The molecule has 1 aliphatic rings. The van der Waals surface area contributed by atoms with Crippen LogP contribution in [0.15, 0.2) is 48.5 Å². The first-order valence-corrected chi connectivity index (χ1v) is 8.11. The molecule has 2 aromatic carbocycles. The molecule has 3 rings (SSSR count). The summed E-state index contributed by atoms with van der Waals surface area (Å²) in [7, 11) is 1.70. The highest BCUT2D eigenvalue weighted by Crippen LogP contribution is 2.23. The van der Waals surface area contributed by atoms with Gasteiger partial charge in [0, 0.05) is 13.1 Å². The van der Waals surface area contributed by atoms with Gasteiger partial charge < -0.3 is 4.74 Å². The second kappa shape index (κ2) is 7.30. The standard InChI is InChI=1S/C20H22N2O/c1-23-20-8-6-16(7-9-20)12-19-10-11-22(15-19)14-18-4-2-17(13-21)3-5-18/h2-9,19H,10-12,14-15H2,1H3. The molecule has 118 valence electrons. The molecule has 1 aliphatic heterocycles. The lowest BCUT2D eigenvalue weighted by Gasteiger charge is -2.16. The Balaban J connectivity index is 1.52. The Morgan fingerprint density at radius 2 is 1.78 bits per heavy atom. The molecular formula is C20H22N2O. The van der Waals surface area contributed by atoms with Gasteiger partial charge in [0.05, 0.1) is 18.7 Å². The third-order valence-electron chi connectivity index (χ3n) is 4.54. The molecule has 2 aromatic rings. The summed E-state index contributed by atoms with van der Waals surface area (Å²) in [5, 5.41) is 8.85. The molecule has 0 aromatic heterocycles. The Kier molecular flexibility index (Phi) is 4.95. The highest BCUT2D eigenvalue weighted by Gasteiger charge is 2.22. The van der Waals surface area contributed by atoms with Gasteiger partial charge in [-0.05, 0) is 60.7 Å². The number of likely N-dealkylation sites (tertiary alicyclic amines) is 1. The van der Waals surface area contributed by atoms with Crippen molar-refractivity contribution in [1.29, 1.82) is 5.26 Å². The van der Waals surface area contributed by atoms with Gasteiger partial charge in [-0.25, -0.2) is 0 Å². The molecule has 1 fully saturated rings. The third-order valence-corrected chi connectivity index (χ3v) is 4.54. The van der Waals surface area contributed by atoms with Gasteiger partial charge in [-0.15, -0.1) is 0 Å². The van der Waals surface area contributed by atoms with Gasteiger partial charge in [0.1, 0.15) is 5.75 Å². The lowest BCUT2D eigenvalue weighted by atomic mass is 9.99. The number of hydrogen-bond donors (Lipinski definition) is 0. The summed E-state index contributed by atoms with van der Waals surface area (Å²) in [6.07, 6.45) is 2.39. The van der Waals surface area contributed by atoms with E-state index in [1.165, 1.54) is 17.5 Å². The van der Waals surface area contributed by atoms with Crippen molar-refractivity contribution in [3.05, 3.63) is 65.2 Å². The second-order valence-electron chi connectivity index (χ2n) is 6.25. The Hall–Kier alpha value is -2.31. The number of ether oxygens (including phenoxy) is 1. The van der Waals surface area contributed by atoms with Crippen molar-refractivity contribution in [3.8, 4) is 11.8 Å². The van der Waals surface area contributed by atoms with Crippen LogP contribution in [0, 0.1) is 17.2 Å². The van der Waals surface area contributed by atoms with E-state index < -0.39 is 0 Å². The van der Waals surface area contributed by atoms with Crippen LogP contribution in [0.2, 0.25) is 0 Å². The van der Waals surface area contributed by atoms with Crippen molar-refractivity contribution >= 4 is 0 Å². The summed E-state index contributed by atoms with van der Waals surface area (Å²) in [6.45, 7) is 3.28. The SMILES string of the molecule is COc1ccc(CC2CCN(Cc3ccc(C#N)cc3)C2)cc1. The summed E-state index contributed by atoms with van der Waals surface area (Å²) in [5.74, 6) is 1.64. The van der Waals surface area contributed by atoms with Gasteiger partial charge in [-0.2, -0.15) is 5.26 Å². The molecule has 3 heteroatoms.